The second-order valence-corrected chi connectivity index (χ2v) is 10.1. The number of piperidine rings is 1. The number of fused-ring (bicyclic) bond motifs is 1. The van der Waals surface area contributed by atoms with Gasteiger partial charge in [0, 0.05) is 18.1 Å². The van der Waals surface area contributed by atoms with Crippen LogP contribution >= 0.6 is 11.8 Å². The van der Waals surface area contributed by atoms with Crippen molar-refractivity contribution in [2.24, 2.45) is 5.92 Å². The Kier molecular flexibility index (Phi) is 7.73. The standard InChI is InChI=1S/C24H28N4O5S/c25-12-17(11-16-7-4-8-20(16)29)26-22(30)19-14-34-21-10-9-18(23(31)28(19)21)27-24(32)33-13-15-5-2-1-3-6-15/h1-3,5-6,16-19,21H,4,7-11,13-14H2,(H,26,30)(H,27,32). The molecule has 3 aliphatic rings. The molecule has 0 spiro atoms. The van der Waals surface area contributed by atoms with Crippen LogP contribution in [0, 0.1) is 17.2 Å². The minimum Gasteiger partial charge on any atom is -0.445 e. The monoisotopic (exact) mass is 484 g/mol. The van der Waals surface area contributed by atoms with Gasteiger partial charge in [0.1, 0.15) is 30.5 Å². The van der Waals surface area contributed by atoms with Gasteiger partial charge in [-0.05, 0) is 37.7 Å². The van der Waals surface area contributed by atoms with Crippen LogP contribution in [0.25, 0.3) is 0 Å². The third kappa shape index (κ3) is 5.53. The molecule has 0 bridgehead atoms. The largest absolute Gasteiger partial charge is 0.445 e. The lowest BCUT2D eigenvalue weighted by molar-refractivity contribution is -0.143. The second kappa shape index (κ2) is 10.9. The maximum Gasteiger partial charge on any atom is 0.408 e. The molecule has 1 saturated carbocycles. The number of thioether (sulfide) groups is 1. The van der Waals surface area contributed by atoms with Crippen molar-refractivity contribution in [1.82, 2.24) is 15.5 Å². The number of ketones is 1. The van der Waals surface area contributed by atoms with Crippen LogP contribution in [0.5, 0.6) is 0 Å². The predicted octanol–water partition coefficient (Wildman–Crippen LogP) is 2.11. The van der Waals surface area contributed by atoms with Crippen LogP contribution in [0.2, 0.25) is 0 Å². The summed E-state index contributed by atoms with van der Waals surface area (Å²) in [6.07, 6.45) is 2.82. The molecule has 5 unspecified atom stereocenters. The molecule has 1 aromatic carbocycles. The van der Waals surface area contributed by atoms with Gasteiger partial charge in [0.2, 0.25) is 11.8 Å². The van der Waals surface area contributed by atoms with Gasteiger partial charge in [0.05, 0.1) is 11.4 Å². The van der Waals surface area contributed by atoms with Crippen LogP contribution < -0.4 is 10.6 Å². The molecule has 5 atom stereocenters. The summed E-state index contributed by atoms with van der Waals surface area (Å²) in [5.74, 6) is -0.341. The summed E-state index contributed by atoms with van der Waals surface area (Å²) in [4.78, 5) is 51.9. The van der Waals surface area contributed by atoms with Gasteiger partial charge in [0.25, 0.3) is 0 Å². The molecule has 0 aromatic heterocycles. The molecular formula is C24H28N4O5S. The maximum atomic E-state index is 13.2. The molecule has 0 radical (unpaired) electrons. The van der Waals surface area contributed by atoms with E-state index in [1.165, 1.54) is 16.7 Å². The Bertz CT molecular complexity index is 981. The summed E-state index contributed by atoms with van der Waals surface area (Å²) in [5, 5.41) is 14.7. The van der Waals surface area contributed by atoms with E-state index in [4.69, 9.17) is 4.74 Å². The van der Waals surface area contributed by atoms with Crippen LogP contribution in [-0.2, 0) is 25.7 Å². The summed E-state index contributed by atoms with van der Waals surface area (Å²) < 4.78 is 5.24. The number of nitrogens with zero attached hydrogens (tertiary/aromatic N) is 2. The van der Waals surface area contributed by atoms with Gasteiger partial charge in [-0.3, -0.25) is 14.4 Å². The number of rotatable bonds is 7. The number of alkyl carbamates (subject to hydrolysis) is 1. The first-order valence-electron chi connectivity index (χ1n) is 11.6. The van der Waals surface area contributed by atoms with E-state index in [1.54, 1.807) is 0 Å². The summed E-state index contributed by atoms with van der Waals surface area (Å²) in [6.45, 7) is 0.0971. The van der Waals surface area contributed by atoms with E-state index in [2.05, 4.69) is 16.7 Å². The third-order valence-electron chi connectivity index (χ3n) is 6.58. The van der Waals surface area contributed by atoms with Crippen molar-refractivity contribution in [2.45, 2.75) is 68.6 Å². The highest BCUT2D eigenvalue weighted by Gasteiger charge is 2.47. The number of Topliss-reactive ketones (excluding diaryl/α,β-unsaturated/α-hetero) is 1. The van der Waals surface area contributed by atoms with Gasteiger partial charge in [0.15, 0.2) is 0 Å². The zero-order valence-electron chi connectivity index (χ0n) is 18.8. The summed E-state index contributed by atoms with van der Waals surface area (Å²) in [6, 6.07) is 9.06. The average molecular weight is 485 g/mol. The molecule has 2 N–H and O–H groups in total. The van der Waals surface area contributed by atoms with Crippen LogP contribution in [0.15, 0.2) is 30.3 Å². The molecule has 34 heavy (non-hydrogen) atoms. The van der Waals surface area contributed by atoms with Gasteiger partial charge in [-0.1, -0.05) is 30.3 Å². The molecular weight excluding hydrogens is 456 g/mol. The number of hydrogen-bond donors (Lipinski definition) is 2. The number of carbonyl (C=O) groups excluding carboxylic acids is 4. The topological polar surface area (TPSA) is 129 Å². The molecule has 2 aliphatic heterocycles. The molecule has 2 heterocycles. The van der Waals surface area contributed by atoms with Gasteiger partial charge in [-0.2, -0.15) is 5.26 Å². The lowest BCUT2D eigenvalue weighted by Gasteiger charge is -2.36. The lowest BCUT2D eigenvalue weighted by Crippen LogP contribution is -2.59. The Hall–Kier alpha value is -3.06. The molecule has 3 amide bonds. The minimum absolute atomic E-state index is 0.0971. The average Bonchev–Trinajstić information content (AvgIpc) is 3.46. The summed E-state index contributed by atoms with van der Waals surface area (Å²) in [5.41, 5.74) is 0.840. The zero-order valence-corrected chi connectivity index (χ0v) is 19.6. The van der Waals surface area contributed by atoms with E-state index >= 15 is 0 Å². The molecule has 3 fully saturated rings. The number of carbonyl (C=O) groups is 4. The fraction of sp³-hybridized carbons (Fsp3) is 0.542. The van der Waals surface area contributed by atoms with E-state index in [1.807, 2.05) is 30.3 Å². The molecule has 1 aliphatic carbocycles. The molecule has 9 nitrogen and oxygen atoms in total. The highest BCUT2D eigenvalue weighted by Crippen LogP contribution is 2.36. The van der Waals surface area contributed by atoms with Gasteiger partial charge in [-0.25, -0.2) is 4.79 Å². The Morgan fingerprint density at radius 1 is 1.21 bits per heavy atom. The van der Waals surface area contributed by atoms with E-state index in [-0.39, 0.29) is 29.6 Å². The molecule has 1 aromatic rings. The number of benzene rings is 1. The predicted molar refractivity (Wildman–Crippen MR) is 124 cm³/mol. The van der Waals surface area contributed by atoms with Crippen molar-refractivity contribution >= 4 is 35.5 Å². The van der Waals surface area contributed by atoms with Crippen molar-refractivity contribution in [1.29, 1.82) is 5.26 Å². The number of amides is 3. The minimum atomic E-state index is -0.773. The van der Waals surface area contributed by atoms with Crippen LogP contribution in [-0.4, -0.2) is 57.8 Å². The highest BCUT2D eigenvalue weighted by molar-refractivity contribution is 8.00. The Balaban J connectivity index is 1.32. The van der Waals surface area contributed by atoms with E-state index in [0.29, 0.717) is 31.4 Å². The Morgan fingerprint density at radius 2 is 2.00 bits per heavy atom. The quantitative estimate of drug-likeness (QED) is 0.606. The first-order valence-corrected chi connectivity index (χ1v) is 12.6. The van der Waals surface area contributed by atoms with Crippen molar-refractivity contribution in [3.63, 3.8) is 0 Å². The number of ether oxygens (including phenoxy) is 1. The fourth-order valence-corrected chi connectivity index (χ4v) is 6.20. The highest BCUT2D eigenvalue weighted by atomic mass is 32.2. The molecule has 4 rings (SSSR count). The molecule has 2 saturated heterocycles. The first kappa shape index (κ1) is 24.1. The second-order valence-electron chi connectivity index (χ2n) is 8.87. The van der Waals surface area contributed by atoms with E-state index < -0.39 is 30.1 Å². The normalized spacial score (nSPS) is 27.0. The van der Waals surface area contributed by atoms with Crippen LogP contribution in [0.1, 0.15) is 44.1 Å². The number of hydrogen-bond acceptors (Lipinski definition) is 7. The fourth-order valence-electron chi connectivity index (χ4n) is 4.77. The van der Waals surface area contributed by atoms with Crippen LogP contribution in [0.3, 0.4) is 0 Å². The van der Waals surface area contributed by atoms with Gasteiger partial charge >= 0.3 is 6.09 Å². The van der Waals surface area contributed by atoms with E-state index in [9.17, 15) is 24.4 Å². The van der Waals surface area contributed by atoms with E-state index in [0.717, 1.165) is 18.4 Å². The summed E-state index contributed by atoms with van der Waals surface area (Å²) >= 11 is 1.53. The van der Waals surface area contributed by atoms with Crippen LogP contribution in [0.4, 0.5) is 4.79 Å². The first-order chi connectivity index (χ1) is 16.5. The van der Waals surface area contributed by atoms with Crippen molar-refractivity contribution in [3.05, 3.63) is 35.9 Å². The lowest BCUT2D eigenvalue weighted by atomic mass is 9.97. The van der Waals surface area contributed by atoms with Gasteiger partial charge < -0.3 is 20.3 Å². The molecule has 180 valence electrons. The van der Waals surface area contributed by atoms with Crippen molar-refractivity contribution < 1.29 is 23.9 Å². The summed E-state index contributed by atoms with van der Waals surface area (Å²) in [7, 11) is 0. The smallest absolute Gasteiger partial charge is 0.408 e. The zero-order chi connectivity index (χ0) is 24.1. The molecule has 10 heteroatoms. The number of nitriles is 1. The van der Waals surface area contributed by atoms with Crippen molar-refractivity contribution in [3.8, 4) is 6.07 Å². The SMILES string of the molecule is N#CC(CC1CCCC1=O)NC(=O)C1CSC2CCC(NC(=O)OCc3ccccc3)C(=O)N21. The Morgan fingerprint density at radius 3 is 2.71 bits per heavy atom. The Labute approximate surface area is 202 Å². The van der Waals surface area contributed by atoms with Crippen molar-refractivity contribution in [2.75, 3.05) is 5.75 Å². The number of nitrogens with one attached hydrogen (secondary N) is 2. The van der Waals surface area contributed by atoms with Gasteiger partial charge in [-0.15, -0.1) is 11.8 Å². The maximum absolute atomic E-state index is 13.2. The third-order valence-corrected chi connectivity index (χ3v) is 7.93.